The molecule has 7 aliphatic rings. The standard InChI is InChI=1S/C26H28O5.C26H22O5.C21H14O4.C6H12O/c1-26(2,3)24(29)14-4-7-21(25(30)31)22(13-14)23-19-8-5-17(27)11-15(19)10-16-12-18(28)6-9-20(16)23;1-26(2,3)24(29)14-4-7-21(22(13-14)25(30)31)23-19-8-5-17(27)11-15(19)10-16-12-18(28)6-9-20(16)23;22-14-5-7-16-12(10-14)9-13-11-15(23)6-8-17(13)20(16)18-3-1-2-4-19(18)21(24)25;1-5(7)6(2,3)4/h5-6,8-9,11-12,14,21-22,27H,4,7,10,13H2,1-3H3,(H,30,31);4-9,11-13,27H,10H2,1-3H3,(H,30,31);1-8,10-11,22H,9H2,(H,24,25);1-4H3/p-3. The molecule has 0 bridgehead atoms. The fourth-order valence-electron chi connectivity index (χ4n) is 12.9. The van der Waals surface area contributed by atoms with Gasteiger partial charge in [-0.2, -0.15) is 0 Å². The van der Waals surface area contributed by atoms with E-state index < -0.39 is 40.6 Å². The molecule has 0 radical (unpaired) electrons. The Bertz CT molecular complexity index is 4400. The number of fused-ring (bicyclic) bond motifs is 6. The van der Waals surface area contributed by atoms with Crippen molar-refractivity contribution in [3.05, 3.63) is 246 Å². The molecule has 94 heavy (non-hydrogen) atoms. The van der Waals surface area contributed by atoms with E-state index in [-0.39, 0.29) is 74.4 Å². The van der Waals surface area contributed by atoms with Crippen LogP contribution >= 0.6 is 0 Å². The molecule has 5 aromatic carbocycles. The van der Waals surface area contributed by atoms with E-state index in [2.05, 4.69) is 0 Å². The normalized spacial score (nSPS) is 18.5. The van der Waals surface area contributed by atoms with Gasteiger partial charge < -0.3 is 35.4 Å². The minimum absolute atomic E-state index is 0.00120. The van der Waals surface area contributed by atoms with Crippen LogP contribution in [0.4, 0.5) is 0 Å². The molecule has 3 atom stereocenters. The van der Waals surface area contributed by atoms with E-state index in [1.54, 1.807) is 125 Å². The molecule has 0 aliphatic heterocycles. The van der Waals surface area contributed by atoms with Crippen LogP contribution in [0.1, 0.15) is 164 Å². The minimum atomic E-state index is -1.15. The Morgan fingerprint density at radius 1 is 0.489 bits per heavy atom. The van der Waals surface area contributed by atoms with Gasteiger partial charge in [-0.15, -0.1) is 11.5 Å². The van der Waals surface area contributed by atoms with Crippen molar-refractivity contribution in [3.63, 3.8) is 0 Å². The number of allylic oxidation sites excluding steroid dienone is 16. The zero-order valence-corrected chi connectivity index (χ0v) is 54.1. The first-order valence-corrected chi connectivity index (χ1v) is 31.1. The van der Waals surface area contributed by atoms with Crippen molar-refractivity contribution < 1.29 is 73.8 Å². The fourth-order valence-corrected chi connectivity index (χ4v) is 12.9. The molecule has 7 aliphatic carbocycles. The van der Waals surface area contributed by atoms with Crippen LogP contribution in [0.3, 0.4) is 0 Å². The Hall–Kier alpha value is -10.4. The molecular formula is C79H73O15-3. The monoisotopic (exact) mass is 1260 g/mol. The van der Waals surface area contributed by atoms with Crippen LogP contribution in [0.2, 0.25) is 0 Å². The van der Waals surface area contributed by atoms with Crippen molar-refractivity contribution in [2.75, 3.05) is 0 Å². The Labute approximate surface area is 546 Å². The van der Waals surface area contributed by atoms with Crippen molar-refractivity contribution in [2.45, 2.75) is 108 Å². The van der Waals surface area contributed by atoms with Gasteiger partial charge in [-0.05, 0) is 207 Å². The zero-order chi connectivity index (χ0) is 68.6. The number of hydrogen-bond donors (Lipinski definition) is 3. The highest BCUT2D eigenvalue weighted by molar-refractivity contribution is 6.10. The molecule has 15 heteroatoms. The number of phenols is 1. The number of carbonyl (C=O) groups excluding carboxylic acids is 7. The predicted molar refractivity (Wildman–Crippen MR) is 351 cm³/mol. The third-order valence-corrected chi connectivity index (χ3v) is 17.9. The number of aromatic hydroxyl groups is 1. The molecule has 0 aromatic heterocycles. The van der Waals surface area contributed by atoms with Gasteiger partial charge >= 0.3 is 11.9 Å². The van der Waals surface area contributed by atoms with Gasteiger partial charge in [-0.3, -0.25) is 28.8 Å². The van der Waals surface area contributed by atoms with E-state index in [0.29, 0.717) is 60.8 Å². The molecule has 0 amide bonds. The first-order valence-electron chi connectivity index (χ1n) is 31.1. The van der Waals surface area contributed by atoms with Gasteiger partial charge in [0.1, 0.15) is 17.3 Å². The number of Topliss-reactive ketones (excluding diaryl/α,β-unsaturated/α-hetero) is 3. The van der Waals surface area contributed by atoms with E-state index in [9.17, 15) is 73.8 Å². The highest BCUT2D eigenvalue weighted by Gasteiger charge is 2.42. The van der Waals surface area contributed by atoms with E-state index >= 15 is 0 Å². The molecule has 1 fully saturated rings. The van der Waals surface area contributed by atoms with Gasteiger partial charge in [-0.25, -0.2) is 9.59 Å². The number of phenolic OH excluding ortho intramolecular Hbond substituents is 1. The molecule has 0 saturated heterocycles. The molecule has 12 rings (SSSR count). The third kappa shape index (κ3) is 14.6. The largest absolute Gasteiger partial charge is 0.872 e. The molecule has 0 spiro atoms. The summed E-state index contributed by atoms with van der Waals surface area (Å²) in [5.74, 6) is -4.87. The fraction of sp³-hybridized carbons (Fsp3) is 0.278. The maximum atomic E-state index is 13.1. The number of hydrogen-bond acceptors (Lipinski definition) is 13. The molecule has 15 nitrogen and oxygen atoms in total. The van der Waals surface area contributed by atoms with Crippen molar-refractivity contribution >= 4 is 69.3 Å². The van der Waals surface area contributed by atoms with E-state index in [1.807, 2.05) is 47.6 Å². The van der Waals surface area contributed by atoms with Gasteiger partial charge in [0.15, 0.2) is 23.1 Å². The van der Waals surface area contributed by atoms with Crippen LogP contribution in [0.5, 0.6) is 17.2 Å². The van der Waals surface area contributed by atoms with Crippen molar-refractivity contribution in [1.82, 2.24) is 0 Å². The smallest absolute Gasteiger partial charge is 0.336 e. The lowest BCUT2D eigenvalue weighted by atomic mass is 9.63. The first kappa shape index (κ1) is 68.0. The predicted octanol–water partition coefficient (Wildman–Crippen LogP) is 11.8. The summed E-state index contributed by atoms with van der Waals surface area (Å²) >= 11 is 0. The summed E-state index contributed by atoms with van der Waals surface area (Å²) in [5, 5.41) is 65.4. The molecule has 3 unspecified atom stereocenters. The highest BCUT2D eigenvalue weighted by atomic mass is 16.4. The molecular weight excluding hydrogens is 1190 g/mol. The summed E-state index contributed by atoms with van der Waals surface area (Å²) in [6, 6.07) is 26.0. The Morgan fingerprint density at radius 3 is 1.40 bits per heavy atom. The number of carboxylic acids is 3. The SMILES string of the molecule is CC(=O)C(C)(C)C.CC(C)(C)C(=O)C1CCC(C(=O)[O-])C(C2=C3C=CC(=O)C=C3Cc3cc(O)ccc32)C1.CC(C)(C)C(=O)c1ccc(C2=C3C=CC(=O)C=C3Cc3cc([O-])ccc32)c(C(=O)O)c1.O=C1C=CC2=C(c3ccccc3C(=O)O)c3ccc([O-])cc3CC2=C1. The molecule has 3 N–H and O–H groups in total. The lowest BCUT2D eigenvalue weighted by Gasteiger charge is -2.42. The van der Waals surface area contributed by atoms with Crippen LogP contribution in [0.25, 0.3) is 16.7 Å². The Kier molecular flexibility index (Phi) is 19.3. The van der Waals surface area contributed by atoms with E-state index in [1.165, 1.54) is 48.6 Å². The van der Waals surface area contributed by atoms with Gasteiger partial charge in [0.05, 0.1) is 11.1 Å². The Morgan fingerprint density at radius 2 is 0.936 bits per heavy atom. The number of carbonyl (C=O) groups is 9. The molecule has 1 saturated carbocycles. The van der Waals surface area contributed by atoms with Crippen molar-refractivity contribution in [2.24, 2.45) is 34.0 Å². The second-order valence-corrected chi connectivity index (χ2v) is 27.6. The van der Waals surface area contributed by atoms with E-state index in [4.69, 9.17) is 0 Å². The summed E-state index contributed by atoms with van der Waals surface area (Å²) < 4.78 is 0. The highest BCUT2D eigenvalue weighted by Crippen LogP contribution is 2.51. The molecule has 5 aromatic rings. The summed E-state index contributed by atoms with van der Waals surface area (Å²) in [4.78, 5) is 108. The van der Waals surface area contributed by atoms with Gasteiger partial charge in [0.2, 0.25) is 0 Å². The lowest BCUT2D eigenvalue weighted by molar-refractivity contribution is -0.313. The van der Waals surface area contributed by atoms with Crippen LogP contribution in [-0.2, 0) is 48.0 Å². The maximum absolute atomic E-state index is 13.1. The van der Waals surface area contributed by atoms with Crippen LogP contribution in [-0.4, -0.2) is 67.9 Å². The second-order valence-electron chi connectivity index (χ2n) is 27.6. The summed E-state index contributed by atoms with van der Waals surface area (Å²) in [6.45, 7) is 18.4. The van der Waals surface area contributed by atoms with Gasteiger partial charge in [0.25, 0.3) is 0 Å². The van der Waals surface area contributed by atoms with Gasteiger partial charge in [-0.1, -0.05) is 153 Å². The molecule has 0 heterocycles. The Balaban J connectivity index is 0.000000159. The topological polar surface area (TPSA) is 284 Å². The lowest BCUT2D eigenvalue weighted by Crippen LogP contribution is -2.43. The quantitative estimate of drug-likeness (QED) is 0.122. The zero-order valence-electron chi connectivity index (χ0n) is 54.1. The van der Waals surface area contributed by atoms with Crippen LogP contribution in [0.15, 0.2) is 185 Å². The number of ketones is 6. The minimum Gasteiger partial charge on any atom is -0.872 e. The average molecular weight is 1260 g/mol. The van der Waals surface area contributed by atoms with Crippen LogP contribution in [0, 0.1) is 34.0 Å². The number of aromatic carboxylic acids is 2. The first-order chi connectivity index (χ1) is 44.1. The summed E-state index contributed by atoms with van der Waals surface area (Å²) in [6.07, 6.45) is 17.0. The third-order valence-electron chi connectivity index (χ3n) is 17.9. The average Bonchev–Trinajstić information content (AvgIpc) is 0.762. The van der Waals surface area contributed by atoms with E-state index in [0.717, 1.165) is 78.0 Å². The van der Waals surface area contributed by atoms with Crippen LogP contribution < -0.4 is 15.3 Å². The number of rotatable bonds is 8. The second kappa shape index (κ2) is 26.7. The van der Waals surface area contributed by atoms with Crippen molar-refractivity contribution in [3.8, 4) is 17.2 Å². The molecule has 482 valence electrons. The number of carboxylic acid groups (broad SMARTS) is 3. The number of benzene rings is 5. The van der Waals surface area contributed by atoms with Crippen molar-refractivity contribution in [1.29, 1.82) is 0 Å². The van der Waals surface area contributed by atoms with Gasteiger partial charge in [0, 0.05) is 39.6 Å². The maximum Gasteiger partial charge on any atom is 0.336 e. The summed E-state index contributed by atoms with van der Waals surface area (Å²) in [5.41, 5.74) is 12.2. The summed E-state index contributed by atoms with van der Waals surface area (Å²) in [7, 11) is 0. The number of aliphatic carboxylic acids is 1.